The first-order valence-corrected chi connectivity index (χ1v) is 10.4. The van der Waals surface area contributed by atoms with Crippen molar-refractivity contribution in [1.29, 1.82) is 0 Å². The molecule has 152 valence electrons. The van der Waals surface area contributed by atoms with E-state index >= 15 is 0 Å². The van der Waals surface area contributed by atoms with Gasteiger partial charge in [-0.25, -0.2) is 0 Å². The number of hydrogen-bond donors (Lipinski definition) is 0. The standard InChI is InChI=1S/C24H28N2O3/c1-3-25-11-13-26(14-12-25)15-16-28-20-9-10-21-22(17-20)29-18(2)23(24(21)27)19-7-5-4-6-8-19/h4-10,17H,3,11-16H2,1-2H3. The molecule has 1 aromatic heterocycles. The van der Waals surface area contributed by atoms with E-state index in [0.717, 1.165) is 50.6 Å². The third-order valence-electron chi connectivity index (χ3n) is 5.69. The molecule has 5 nitrogen and oxygen atoms in total. The highest BCUT2D eigenvalue weighted by molar-refractivity contribution is 5.83. The van der Waals surface area contributed by atoms with Crippen LogP contribution in [0.2, 0.25) is 0 Å². The number of aryl methyl sites for hydroxylation is 1. The molecule has 0 N–H and O–H groups in total. The van der Waals surface area contributed by atoms with Crippen molar-refractivity contribution in [2.75, 3.05) is 45.9 Å². The molecule has 0 spiro atoms. The summed E-state index contributed by atoms with van der Waals surface area (Å²) in [6, 6.07) is 15.2. The average molecular weight is 392 g/mol. The maximum atomic E-state index is 13.0. The second-order valence-electron chi connectivity index (χ2n) is 7.51. The van der Waals surface area contributed by atoms with Gasteiger partial charge in [-0.15, -0.1) is 0 Å². The van der Waals surface area contributed by atoms with Crippen LogP contribution in [0.4, 0.5) is 0 Å². The SMILES string of the molecule is CCN1CCN(CCOc2ccc3c(=O)c(-c4ccccc4)c(C)oc3c2)CC1. The summed E-state index contributed by atoms with van der Waals surface area (Å²) >= 11 is 0. The summed E-state index contributed by atoms with van der Waals surface area (Å²) < 4.78 is 11.9. The Morgan fingerprint density at radius 2 is 1.72 bits per heavy atom. The summed E-state index contributed by atoms with van der Waals surface area (Å²) in [4.78, 5) is 17.9. The van der Waals surface area contributed by atoms with Crippen molar-refractivity contribution >= 4 is 11.0 Å². The fraction of sp³-hybridized carbons (Fsp3) is 0.375. The van der Waals surface area contributed by atoms with Crippen molar-refractivity contribution in [3.05, 3.63) is 64.5 Å². The molecule has 3 aromatic rings. The van der Waals surface area contributed by atoms with Gasteiger partial charge < -0.3 is 14.1 Å². The second kappa shape index (κ2) is 8.80. The average Bonchev–Trinajstić information content (AvgIpc) is 2.75. The van der Waals surface area contributed by atoms with Crippen LogP contribution < -0.4 is 10.2 Å². The van der Waals surface area contributed by atoms with Crippen molar-refractivity contribution in [2.24, 2.45) is 0 Å². The zero-order valence-corrected chi connectivity index (χ0v) is 17.2. The molecule has 5 heteroatoms. The topological polar surface area (TPSA) is 45.9 Å². The summed E-state index contributed by atoms with van der Waals surface area (Å²) in [5.74, 6) is 1.36. The molecule has 29 heavy (non-hydrogen) atoms. The van der Waals surface area contributed by atoms with E-state index in [1.807, 2.05) is 55.5 Å². The van der Waals surface area contributed by atoms with Crippen LogP contribution in [0.25, 0.3) is 22.1 Å². The van der Waals surface area contributed by atoms with Gasteiger partial charge in [-0.2, -0.15) is 0 Å². The van der Waals surface area contributed by atoms with Gasteiger partial charge in [-0.3, -0.25) is 9.69 Å². The van der Waals surface area contributed by atoms with E-state index in [-0.39, 0.29) is 5.43 Å². The predicted octanol–water partition coefficient (Wildman–Crippen LogP) is 3.78. The lowest BCUT2D eigenvalue weighted by molar-refractivity contribution is 0.121. The minimum atomic E-state index is -0.00436. The quantitative estimate of drug-likeness (QED) is 0.639. The van der Waals surface area contributed by atoms with Crippen LogP contribution in [0.15, 0.2) is 57.7 Å². The highest BCUT2D eigenvalue weighted by Gasteiger charge is 2.16. The lowest BCUT2D eigenvalue weighted by Gasteiger charge is -2.33. The molecule has 0 bridgehead atoms. The summed E-state index contributed by atoms with van der Waals surface area (Å²) in [5.41, 5.74) is 2.07. The summed E-state index contributed by atoms with van der Waals surface area (Å²) in [7, 11) is 0. The van der Waals surface area contributed by atoms with Gasteiger partial charge >= 0.3 is 0 Å². The molecule has 1 aliphatic rings. The zero-order chi connectivity index (χ0) is 20.2. The number of piperazine rings is 1. The fourth-order valence-electron chi connectivity index (χ4n) is 3.94. The van der Waals surface area contributed by atoms with E-state index in [9.17, 15) is 4.79 Å². The van der Waals surface area contributed by atoms with Crippen LogP contribution in [0.3, 0.4) is 0 Å². The van der Waals surface area contributed by atoms with Gasteiger partial charge in [0, 0.05) is 38.8 Å². The normalized spacial score (nSPS) is 15.7. The fourth-order valence-corrected chi connectivity index (χ4v) is 3.94. The second-order valence-corrected chi connectivity index (χ2v) is 7.51. The van der Waals surface area contributed by atoms with Crippen LogP contribution in [0.5, 0.6) is 5.75 Å². The van der Waals surface area contributed by atoms with Gasteiger partial charge in [0.25, 0.3) is 0 Å². The maximum Gasteiger partial charge on any atom is 0.200 e. The Morgan fingerprint density at radius 1 is 1.00 bits per heavy atom. The molecule has 0 amide bonds. The van der Waals surface area contributed by atoms with Crippen molar-refractivity contribution in [3.8, 4) is 16.9 Å². The highest BCUT2D eigenvalue weighted by Crippen LogP contribution is 2.26. The van der Waals surface area contributed by atoms with Crippen LogP contribution in [0, 0.1) is 6.92 Å². The number of benzene rings is 2. The Morgan fingerprint density at radius 3 is 2.45 bits per heavy atom. The zero-order valence-electron chi connectivity index (χ0n) is 17.2. The monoisotopic (exact) mass is 392 g/mol. The van der Waals surface area contributed by atoms with Gasteiger partial charge in [0.15, 0.2) is 0 Å². The molecule has 4 rings (SSSR count). The molecule has 1 saturated heterocycles. The highest BCUT2D eigenvalue weighted by atomic mass is 16.5. The molecule has 2 heterocycles. The van der Waals surface area contributed by atoms with E-state index in [2.05, 4.69) is 16.7 Å². The minimum absolute atomic E-state index is 0.00436. The van der Waals surface area contributed by atoms with Gasteiger partial charge in [-0.1, -0.05) is 37.3 Å². The number of likely N-dealkylation sites (N-methyl/N-ethyl adjacent to an activating group) is 1. The van der Waals surface area contributed by atoms with Crippen molar-refractivity contribution < 1.29 is 9.15 Å². The van der Waals surface area contributed by atoms with Gasteiger partial charge in [-0.05, 0) is 31.2 Å². The van der Waals surface area contributed by atoms with Crippen molar-refractivity contribution in [3.63, 3.8) is 0 Å². The van der Waals surface area contributed by atoms with Crippen LogP contribution in [-0.4, -0.2) is 55.7 Å². The number of nitrogens with zero attached hydrogens (tertiary/aromatic N) is 2. The van der Waals surface area contributed by atoms with E-state index in [1.54, 1.807) is 0 Å². The van der Waals surface area contributed by atoms with Crippen LogP contribution in [0.1, 0.15) is 12.7 Å². The van der Waals surface area contributed by atoms with Crippen LogP contribution in [-0.2, 0) is 0 Å². The summed E-state index contributed by atoms with van der Waals surface area (Å²) in [6.45, 7) is 11.1. The van der Waals surface area contributed by atoms with Gasteiger partial charge in [0.05, 0.1) is 10.9 Å². The molecule has 2 aromatic carbocycles. The predicted molar refractivity (Wildman–Crippen MR) is 117 cm³/mol. The Bertz CT molecular complexity index is 1020. The van der Waals surface area contributed by atoms with Crippen molar-refractivity contribution in [2.45, 2.75) is 13.8 Å². The summed E-state index contributed by atoms with van der Waals surface area (Å²) in [5, 5.41) is 0.581. The molecule has 0 saturated carbocycles. The lowest BCUT2D eigenvalue weighted by atomic mass is 10.0. The Balaban J connectivity index is 1.47. The number of fused-ring (bicyclic) bond motifs is 1. The largest absolute Gasteiger partial charge is 0.492 e. The number of hydrogen-bond acceptors (Lipinski definition) is 5. The smallest absolute Gasteiger partial charge is 0.200 e. The molecule has 0 unspecified atom stereocenters. The first-order valence-electron chi connectivity index (χ1n) is 10.4. The lowest BCUT2D eigenvalue weighted by Crippen LogP contribution is -2.47. The minimum Gasteiger partial charge on any atom is -0.492 e. The van der Waals surface area contributed by atoms with E-state index in [4.69, 9.17) is 9.15 Å². The van der Waals surface area contributed by atoms with Gasteiger partial charge in [0.2, 0.25) is 5.43 Å². The Hall–Kier alpha value is -2.63. The summed E-state index contributed by atoms with van der Waals surface area (Å²) in [6.07, 6.45) is 0. The number of rotatable bonds is 6. The molecular formula is C24H28N2O3. The first-order chi connectivity index (χ1) is 14.2. The van der Waals surface area contributed by atoms with Crippen LogP contribution >= 0.6 is 0 Å². The van der Waals surface area contributed by atoms with E-state index in [1.165, 1.54) is 0 Å². The Labute approximate surface area is 171 Å². The number of ether oxygens (including phenoxy) is 1. The van der Waals surface area contributed by atoms with Gasteiger partial charge in [0.1, 0.15) is 23.7 Å². The third kappa shape index (κ3) is 4.36. The molecule has 1 aliphatic heterocycles. The Kier molecular flexibility index (Phi) is 5.97. The molecule has 1 fully saturated rings. The molecular weight excluding hydrogens is 364 g/mol. The third-order valence-corrected chi connectivity index (χ3v) is 5.69. The van der Waals surface area contributed by atoms with E-state index < -0.39 is 0 Å². The molecule has 0 atom stereocenters. The van der Waals surface area contributed by atoms with Crippen molar-refractivity contribution in [1.82, 2.24) is 9.80 Å². The van der Waals surface area contributed by atoms with E-state index in [0.29, 0.717) is 28.9 Å². The maximum absolute atomic E-state index is 13.0. The molecule has 0 radical (unpaired) electrons. The molecule has 0 aliphatic carbocycles. The first kappa shape index (κ1) is 19.7.